The predicted octanol–water partition coefficient (Wildman–Crippen LogP) is 8.26. The second-order valence-corrected chi connectivity index (χ2v) is 9.85. The normalized spacial score (nSPS) is 12.0. The lowest BCUT2D eigenvalue weighted by Crippen LogP contribution is -2.09. The third-order valence-corrected chi connectivity index (χ3v) is 5.58. The van der Waals surface area contributed by atoms with E-state index in [1.54, 1.807) is 0 Å². The first-order valence-electron chi connectivity index (χ1n) is 11.1. The van der Waals surface area contributed by atoms with Gasteiger partial charge in [0.15, 0.2) is 0 Å². The average Bonchev–Trinajstić information content (AvgIpc) is 2.56. The van der Waals surface area contributed by atoms with Crippen molar-refractivity contribution in [3.05, 3.63) is 0 Å². The molecule has 0 fully saturated rings. The molecular weight excluding hydrogens is 324 g/mol. The molecule has 0 spiro atoms. The van der Waals surface area contributed by atoms with E-state index in [4.69, 9.17) is 4.74 Å². The molecule has 0 saturated heterocycles. The molecule has 0 aliphatic heterocycles. The standard InChI is InChI=1S/C23H48OS/c1-23(2,3)19-21-24-20-17-15-13-11-9-7-5-6-8-10-12-14-16-18-22-25-4/h5-22H2,1-4H3. The van der Waals surface area contributed by atoms with E-state index in [1.807, 2.05) is 11.8 Å². The van der Waals surface area contributed by atoms with Gasteiger partial charge in [-0.2, -0.15) is 11.8 Å². The molecule has 0 amide bonds. The summed E-state index contributed by atoms with van der Waals surface area (Å²) < 4.78 is 5.73. The van der Waals surface area contributed by atoms with Crippen molar-refractivity contribution in [1.82, 2.24) is 0 Å². The molecule has 25 heavy (non-hydrogen) atoms. The van der Waals surface area contributed by atoms with E-state index in [0.29, 0.717) is 5.41 Å². The van der Waals surface area contributed by atoms with Crippen LogP contribution in [-0.4, -0.2) is 25.2 Å². The summed E-state index contributed by atoms with van der Waals surface area (Å²) in [7, 11) is 0. The topological polar surface area (TPSA) is 9.23 Å². The van der Waals surface area contributed by atoms with Gasteiger partial charge in [-0.05, 0) is 36.7 Å². The average molecular weight is 373 g/mol. The molecule has 2 heteroatoms. The van der Waals surface area contributed by atoms with E-state index in [1.165, 1.54) is 102 Å². The molecule has 0 aromatic heterocycles. The van der Waals surface area contributed by atoms with Crippen molar-refractivity contribution >= 4 is 11.8 Å². The highest BCUT2D eigenvalue weighted by atomic mass is 32.2. The van der Waals surface area contributed by atoms with E-state index in [0.717, 1.165) is 13.2 Å². The van der Waals surface area contributed by atoms with Crippen LogP contribution >= 0.6 is 11.8 Å². The lowest BCUT2D eigenvalue weighted by Gasteiger charge is -2.17. The minimum absolute atomic E-state index is 0.411. The van der Waals surface area contributed by atoms with Gasteiger partial charge in [0.05, 0.1) is 0 Å². The van der Waals surface area contributed by atoms with Crippen LogP contribution in [0.15, 0.2) is 0 Å². The number of hydrogen-bond donors (Lipinski definition) is 0. The van der Waals surface area contributed by atoms with Gasteiger partial charge >= 0.3 is 0 Å². The predicted molar refractivity (Wildman–Crippen MR) is 118 cm³/mol. The summed E-state index contributed by atoms with van der Waals surface area (Å²) in [6.45, 7) is 8.74. The van der Waals surface area contributed by atoms with E-state index in [2.05, 4.69) is 27.0 Å². The lowest BCUT2D eigenvalue weighted by molar-refractivity contribution is 0.105. The third kappa shape index (κ3) is 24.3. The number of thioether (sulfide) groups is 1. The minimum Gasteiger partial charge on any atom is -0.381 e. The zero-order chi connectivity index (χ0) is 18.6. The lowest BCUT2D eigenvalue weighted by atomic mass is 9.93. The van der Waals surface area contributed by atoms with Gasteiger partial charge in [-0.1, -0.05) is 97.8 Å². The van der Waals surface area contributed by atoms with Crippen molar-refractivity contribution in [1.29, 1.82) is 0 Å². The van der Waals surface area contributed by atoms with Crippen LogP contribution in [0, 0.1) is 5.41 Å². The van der Waals surface area contributed by atoms with Crippen molar-refractivity contribution in [3.8, 4) is 0 Å². The van der Waals surface area contributed by atoms with Crippen LogP contribution < -0.4 is 0 Å². The maximum Gasteiger partial charge on any atom is 0.0471 e. The van der Waals surface area contributed by atoms with Crippen LogP contribution in [0.3, 0.4) is 0 Å². The zero-order valence-electron chi connectivity index (χ0n) is 18.0. The molecule has 0 bridgehead atoms. The first-order chi connectivity index (χ1) is 12.1. The van der Waals surface area contributed by atoms with Gasteiger partial charge in [-0.15, -0.1) is 0 Å². The molecule has 152 valence electrons. The summed E-state index contributed by atoms with van der Waals surface area (Å²) in [6.07, 6.45) is 23.4. The Morgan fingerprint density at radius 3 is 1.36 bits per heavy atom. The third-order valence-electron chi connectivity index (χ3n) is 4.88. The number of hydrogen-bond acceptors (Lipinski definition) is 2. The fourth-order valence-corrected chi connectivity index (χ4v) is 3.55. The van der Waals surface area contributed by atoms with E-state index in [9.17, 15) is 0 Å². The van der Waals surface area contributed by atoms with Crippen LogP contribution in [0.5, 0.6) is 0 Å². The second kappa shape index (κ2) is 19.1. The van der Waals surface area contributed by atoms with Crippen LogP contribution in [0.2, 0.25) is 0 Å². The van der Waals surface area contributed by atoms with Crippen LogP contribution in [-0.2, 0) is 4.74 Å². The molecule has 0 unspecified atom stereocenters. The van der Waals surface area contributed by atoms with Gasteiger partial charge in [-0.25, -0.2) is 0 Å². The number of rotatable bonds is 19. The van der Waals surface area contributed by atoms with Gasteiger partial charge in [0.1, 0.15) is 0 Å². The highest BCUT2D eigenvalue weighted by Crippen LogP contribution is 2.18. The van der Waals surface area contributed by atoms with Gasteiger partial charge in [-0.3, -0.25) is 0 Å². The van der Waals surface area contributed by atoms with E-state index < -0.39 is 0 Å². The molecule has 1 nitrogen and oxygen atoms in total. The highest BCUT2D eigenvalue weighted by molar-refractivity contribution is 7.98. The van der Waals surface area contributed by atoms with Crippen LogP contribution in [0.1, 0.15) is 117 Å². The fraction of sp³-hybridized carbons (Fsp3) is 1.00. The molecule has 0 atom stereocenters. The molecule has 0 aromatic rings. The Hall–Kier alpha value is 0.310. The Morgan fingerprint density at radius 1 is 0.560 bits per heavy atom. The molecule has 0 heterocycles. The molecule has 0 aromatic carbocycles. The summed E-state index contributed by atoms with van der Waals surface area (Å²) >= 11 is 1.98. The summed E-state index contributed by atoms with van der Waals surface area (Å²) in [5.74, 6) is 1.35. The van der Waals surface area contributed by atoms with Crippen molar-refractivity contribution in [2.24, 2.45) is 5.41 Å². The van der Waals surface area contributed by atoms with E-state index in [-0.39, 0.29) is 0 Å². The quantitative estimate of drug-likeness (QED) is 0.211. The fourth-order valence-electron chi connectivity index (χ4n) is 3.05. The van der Waals surface area contributed by atoms with Crippen LogP contribution in [0.4, 0.5) is 0 Å². The number of ether oxygens (including phenoxy) is 1. The van der Waals surface area contributed by atoms with Crippen molar-refractivity contribution in [2.45, 2.75) is 117 Å². The Morgan fingerprint density at radius 2 is 0.960 bits per heavy atom. The smallest absolute Gasteiger partial charge is 0.0471 e. The Bertz CT molecular complexity index is 247. The molecule has 0 aliphatic carbocycles. The largest absolute Gasteiger partial charge is 0.381 e. The van der Waals surface area contributed by atoms with Gasteiger partial charge in [0.2, 0.25) is 0 Å². The van der Waals surface area contributed by atoms with Gasteiger partial charge < -0.3 is 4.74 Å². The maximum absolute atomic E-state index is 5.73. The minimum atomic E-state index is 0.411. The summed E-state index contributed by atoms with van der Waals surface area (Å²) in [5.41, 5.74) is 0.411. The molecular formula is C23H48OS. The van der Waals surface area contributed by atoms with Crippen LogP contribution in [0.25, 0.3) is 0 Å². The first kappa shape index (κ1) is 25.3. The van der Waals surface area contributed by atoms with Crippen molar-refractivity contribution in [3.63, 3.8) is 0 Å². The van der Waals surface area contributed by atoms with Gasteiger partial charge in [0, 0.05) is 13.2 Å². The monoisotopic (exact) mass is 372 g/mol. The Kier molecular flexibility index (Phi) is 19.3. The zero-order valence-corrected chi connectivity index (χ0v) is 18.9. The van der Waals surface area contributed by atoms with Gasteiger partial charge in [0.25, 0.3) is 0 Å². The number of unbranched alkanes of at least 4 members (excludes halogenated alkanes) is 13. The first-order valence-corrected chi connectivity index (χ1v) is 12.5. The molecule has 0 aliphatic rings. The van der Waals surface area contributed by atoms with Crippen molar-refractivity contribution in [2.75, 3.05) is 25.2 Å². The maximum atomic E-state index is 5.73. The summed E-state index contributed by atoms with van der Waals surface area (Å²) in [4.78, 5) is 0. The van der Waals surface area contributed by atoms with Crippen molar-refractivity contribution < 1.29 is 4.74 Å². The molecule has 0 rings (SSSR count). The highest BCUT2D eigenvalue weighted by Gasteiger charge is 2.08. The SMILES string of the molecule is CSCCCCCCCCCCCCCCCCOCCC(C)(C)C. The molecule has 0 N–H and O–H groups in total. The summed E-state index contributed by atoms with van der Waals surface area (Å²) in [6, 6.07) is 0. The molecule has 0 radical (unpaired) electrons. The van der Waals surface area contributed by atoms with E-state index >= 15 is 0 Å². The summed E-state index contributed by atoms with van der Waals surface area (Å²) in [5, 5.41) is 0. The second-order valence-electron chi connectivity index (χ2n) is 8.87. The Labute approximate surface area is 164 Å². The molecule has 0 saturated carbocycles. The Balaban J connectivity index is 3.01.